The van der Waals surface area contributed by atoms with E-state index in [2.05, 4.69) is 38.9 Å². The Morgan fingerprint density at radius 3 is 2.60 bits per heavy atom. The van der Waals surface area contributed by atoms with Crippen molar-refractivity contribution in [2.45, 2.75) is 32.2 Å². The van der Waals surface area contributed by atoms with Gasteiger partial charge in [0.2, 0.25) is 0 Å². The Morgan fingerprint density at radius 2 is 1.89 bits per heavy atom. The predicted molar refractivity (Wildman–Crippen MR) is 132 cm³/mol. The first-order valence-electron chi connectivity index (χ1n) is 11.6. The third-order valence-electron chi connectivity index (χ3n) is 6.88. The van der Waals surface area contributed by atoms with E-state index in [1.165, 1.54) is 11.6 Å². The molecule has 1 unspecified atom stereocenters. The summed E-state index contributed by atoms with van der Waals surface area (Å²) in [6.07, 6.45) is 5.23. The highest BCUT2D eigenvalue weighted by molar-refractivity contribution is 6.29. The molecule has 2 aliphatic heterocycles. The Labute approximate surface area is 207 Å². The van der Waals surface area contributed by atoms with E-state index in [0.717, 1.165) is 22.9 Å². The molecule has 4 heterocycles. The summed E-state index contributed by atoms with van der Waals surface area (Å²) in [5.41, 5.74) is 4.47. The number of hydrogen-bond acceptors (Lipinski definition) is 4. The fraction of sp³-hybridized carbons (Fsp3) is 0.308. The number of amides is 2. The highest BCUT2D eigenvalue weighted by Gasteiger charge is 2.34. The van der Waals surface area contributed by atoms with E-state index in [4.69, 9.17) is 11.6 Å². The second-order valence-corrected chi connectivity index (χ2v) is 9.30. The molecule has 9 heteroatoms. The first kappa shape index (κ1) is 23.2. The van der Waals surface area contributed by atoms with Gasteiger partial charge in [-0.15, -0.1) is 0 Å². The predicted octanol–water partition coefficient (Wildman–Crippen LogP) is 5.46. The van der Waals surface area contributed by atoms with Crippen LogP contribution in [0.5, 0.6) is 0 Å². The number of allylic oxidation sites excluding steroid dienone is 2. The summed E-state index contributed by atoms with van der Waals surface area (Å²) in [6.45, 7) is 3.00. The molecule has 1 aromatic carbocycles. The Kier molecular flexibility index (Phi) is 6.38. The van der Waals surface area contributed by atoms with Crippen LogP contribution in [0.3, 0.4) is 0 Å². The maximum absolute atomic E-state index is 13.4. The lowest BCUT2D eigenvalue weighted by molar-refractivity contribution is -0.124. The number of imidazole rings is 1. The van der Waals surface area contributed by atoms with Crippen molar-refractivity contribution in [1.29, 1.82) is 0 Å². The summed E-state index contributed by atoms with van der Waals surface area (Å²) < 4.78 is 15.4. The Balaban J connectivity index is 1.23. The van der Waals surface area contributed by atoms with Crippen LogP contribution < -0.4 is 5.32 Å². The number of carbonyl (C=O) groups excluding carboxylic acids is 2. The fourth-order valence-corrected chi connectivity index (χ4v) is 5.19. The number of nitrogens with one attached hydrogen (secondary N) is 1. The van der Waals surface area contributed by atoms with E-state index in [-0.39, 0.29) is 34.7 Å². The minimum absolute atomic E-state index is 0.0852. The molecule has 1 atom stereocenters. The third kappa shape index (κ3) is 4.58. The van der Waals surface area contributed by atoms with E-state index in [1.54, 1.807) is 11.2 Å². The normalized spacial score (nSPS) is 18.0. The second-order valence-electron chi connectivity index (χ2n) is 8.94. The van der Waals surface area contributed by atoms with E-state index in [9.17, 15) is 14.0 Å². The van der Waals surface area contributed by atoms with Gasteiger partial charge in [0.15, 0.2) is 11.0 Å². The number of halogens is 2. The number of fused-ring (bicyclic) bond motifs is 1. The first-order valence-corrected chi connectivity index (χ1v) is 12.0. The van der Waals surface area contributed by atoms with Crippen molar-refractivity contribution in [2.75, 3.05) is 18.4 Å². The van der Waals surface area contributed by atoms with Crippen LogP contribution in [0.1, 0.15) is 43.5 Å². The molecule has 2 amide bonds. The van der Waals surface area contributed by atoms with Gasteiger partial charge in [0.25, 0.3) is 0 Å². The van der Waals surface area contributed by atoms with Gasteiger partial charge in [0.1, 0.15) is 11.6 Å². The Bertz CT molecular complexity index is 1300. The molecule has 35 heavy (non-hydrogen) atoms. The molecule has 0 bridgehead atoms. The molecule has 0 spiro atoms. The van der Waals surface area contributed by atoms with E-state index in [0.29, 0.717) is 32.4 Å². The van der Waals surface area contributed by atoms with Crippen molar-refractivity contribution in [3.05, 3.63) is 77.2 Å². The van der Waals surface area contributed by atoms with Crippen LogP contribution in [0.25, 0.3) is 11.1 Å². The van der Waals surface area contributed by atoms with Gasteiger partial charge in [-0.1, -0.05) is 41.9 Å². The van der Waals surface area contributed by atoms with Gasteiger partial charge in [-0.25, -0.2) is 19.2 Å². The summed E-state index contributed by atoms with van der Waals surface area (Å²) in [5.74, 6) is -0.366. The summed E-state index contributed by atoms with van der Waals surface area (Å²) in [5, 5.41) is 2.35. The van der Waals surface area contributed by atoms with Crippen molar-refractivity contribution in [1.82, 2.24) is 19.4 Å². The van der Waals surface area contributed by atoms with Crippen molar-refractivity contribution in [2.24, 2.45) is 5.92 Å². The minimum atomic E-state index is -0.644. The van der Waals surface area contributed by atoms with Gasteiger partial charge in [-0.2, -0.15) is 0 Å². The smallest absolute Gasteiger partial charge is 0.323 e. The lowest BCUT2D eigenvalue weighted by atomic mass is 9.86. The van der Waals surface area contributed by atoms with Gasteiger partial charge in [-0.3, -0.25) is 10.1 Å². The van der Waals surface area contributed by atoms with E-state index >= 15 is 0 Å². The number of nitrogens with zero attached hydrogens (tertiary/aromatic N) is 4. The summed E-state index contributed by atoms with van der Waals surface area (Å²) in [7, 11) is 0. The van der Waals surface area contributed by atoms with Gasteiger partial charge in [-0.05, 0) is 48.6 Å². The van der Waals surface area contributed by atoms with Crippen LogP contribution in [0.15, 0.2) is 55.0 Å². The van der Waals surface area contributed by atoms with Crippen LogP contribution >= 0.6 is 11.6 Å². The second kappa shape index (κ2) is 9.62. The maximum Gasteiger partial charge on any atom is 0.323 e. The number of benzene rings is 1. The van der Waals surface area contributed by atoms with Crippen LogP contribution in [0.4, 0.5) is 15.0 Å². The van der Waals surface area contributed by atoms with Crippen molar-refractivity contribution in [3.8, 4) is 0 Å². The zero-order valence-electron chi connectivity index (χ0n) is 19.2. The number of carbonyl (C=O) groups is 2. The van der Waals surface area contributed by atoms with E-state index < -0.39 is 5.82 Å². The SMILES string of the molecule is CC1=C(c2ccccc2)C(CC(=O)C2CCN(C(=O)Nc3ccc(F)c(Cl)n3)CC2)n2cncc21. The number of urea groups is 1. The van der Waals surface area contributed by atoms with Crippen molar-refractivity contribution in [3.63, 3.8) is 0 Å². The van der Waals surface area contributed by atoms with E-state index in [1.807, 2.05) is 24.4 Å². The monoisotopic (exact) mass is 493 g/mol. The van der Waals surface area contributed by atoms with Crippen LogP contribution in [0.2, 0.25) is 5.15 Å². The molecule has 1 fully saturated rings. The van der Waals surface area contributed by atoms with Gasteiger partial charge >= 0.3 is 6.03 Å². The number of hydrogen-bond donors (Lipinski definition) is 1. The van der Waals surface area contributed by atoms with Crippen molar-refractivity contribution >= 4 is 40.4 Å². The van der Waals surface area contributed by atoms with Gasteiger partial charge in [0.05, 0.1) is 24.3 Å². The summed E-state index contributed by atoms with van der Waals surface area (Å²) in [4.78, 5) is 35.7. The molecule has 1 N–H and O–H groups in total. The summed E-state index contributed by atoms with van der Waals surface area (Å²) in [6, 6.07) is 12.3. The zero-order chi connectivity index (χ0) is 24.5. The number of ketones is 1. The molecule has 2 aliphatic rings. The Hall–Kier alpha value is -3.52. The average Bonchev–Trinajstić information content (AvgIpc) is 3.45. The highest BCUT2D eigenvalue weighted by Crippen LogP contribution is 2.44. The fourth-order valence-electron chi connectivity index (χ4n) is 5.03. The topological polar surface area (TPSA) is 80.1 Å². The molecule has 7 nitrogen and oxygen atoms in total. The van der Waals surface area contributed by atoms with Crippen LogP contribution in [-0.2, 0) is 4.79 Å². The number of piperidine rings is 1. The van der Waals surface area contributed by atoms with Gasteiger partial charge < -0.3 is 9.47 Å². The molecule has 0 aliphatic carbocycles. The lowest BCUT2D eigenvalue weighted by Crippen LogP contribution is -2.42. The third-order valence-corrected chi connectivity index (χ3v) is 7.14. The quantitative estimate of drug-likeness (QED) is 0.479. The molecule has 0 radical (unpaired) electrons. The zero-order valence-corrected chi connectivity index (χ0v) is 20.0. The standard InChI is InChI=1S/C26H25ClFN5O2/c1-16-21-14-29-15-33(21)20(24(16)18-5-3-2-4-6-18)13-22(34)17-9-11-32(12-10-17)26(35)31-23-8-7-19(28)25(27)30-23/h2-8,14-15,17,20H,9-13H2,1H3,(H,30,31,35). The summed E-state index contributed by atoms with van der Waals surface area (Å²) >= 11 is 5.69. The molecule has 1 saturated heterocycles. The Morgan fingerprint density at radius 1 is 1.14 bits per heavy atom. The van der Waals surface area contributed by atoms with Crippen molar-refractivity contribution < 1.29 is 14.0 Å². The largest absolute Gasteiger partial charge is 0.324 e. The maximum atomic E-state index is 13.4. The lowest BCUT2D eigenvalue weighted by Gasteiger charge is -2.32. The molecular formula is C26H25ClFN5O2. The molecule has 3 aromatic rings. The average molecular weight is 494 g/mol. The molecule has 5 rings (SSSR count). The number of likely N-dealkylation sites (tertiary alicyclic amines) is 1. The highest BCUT2D eigenvalue weighted by atomic mass is 35.5. The number of anilines is 1. The van der Waals surface area contributed by atoms with Gasteiger partial charge in [0, 0.05) is 25.4 Å². The molecule has 180 valence electrons. The first-order chi connectivity index (χ1) is 16.9. The van der Waals surface area contributed by atoms with Crippen LogP contribution in [-0.4, -0.2) is 44.3 Å². The molecule has 0 saturated carbocycles. The number of Topliss-reactive ketones (excluding diaryl/α,β-unsaturated/α-hetero) is 1. The number of pyridine rings is 1. The molecule has 2 aromatic heterocycles. The molecular weight excluding hydrogens is 469 g/mol. The number of rotatable bonds is 5. The minimum Gasteiger partial charge on any atom is -0.324 e. The van der Waals surface area contributed by atoms with Crippen LogP contribution in [0, 0.1) is 11.7 Å². The number of aromatic nitrogens is 3.